The molecule has 3 aromatic heterocycles. The maximum absolute atomic E-state index is 12.6. The monoisotopic (exact) mass is 340 g/mol. The van der Waals surface area contributed by atoms with Gasteiger partial charge in [-0.2, -0.15) is 13.4 Å². The smallest absolute Gasteiger partial charge is 0.276 e. The third-order valence-electron chi connectivity index (χ3n) is 3.49. The second kappa shape index (κ2) is 5.24. The maximum atomic E-state index is 12.6. The fourth-order valence-electron chi connectivity index (χ4n) is 2.36. The van der Waals surface area contributed by atoms with Crippen LogP contribution in [0, 0.1) is 6.92 Å². The summed E-state index contributed by atoms with van der Waals surface area (Å²) in [5.41, 5.74) is 1.17. The van der Waals surface area contributed by atoms with E-state index < -0.39 is 10.0 Å². The Kier molecular flexibility index (Phi) is 3.17. The molecule has 0 atom stereocenters. The number of hydrogen-bond donors (Lipinski definition) is 1. The highest BCUT2D eigenvalue weighted by molar-refractivity contribution is 7.92. The largest absolute Gasteiger partial charge is 0.299 e. The van der Waals surface area contributed by atoms with Crippen LogP contribution in [0.3, 0.4) is 0 Å². The van der Waals surface area contributed by atoms with Crippen molar-refractivity contribution in [2.75, 3.05) is 4.72 Å². The van der Waals surface area contributed by atoms with Gasteiger partial charge < -0.3 is 0 Å². The minimum absolute atomic E-state index is 0.234. The van der Waals surface area contributed by atoms with Crippen molar-refractivity contribution < 1.29 is 8.42 Å². The molecule has 0 bridgehead atoms. The summed E-state index contributed by atoms with van der Waals surface area (Å²) in [6.45, 7) is 1.80. The first-order valence-electron chi connectivity index (χ1n) is 7.08. The molecule has 0 spiro atoms. The van der Waals surface area contributed by atoms with E-state index >= 15 is 0 Å². The normalized spacial score (nSPS) is 11.9. The number of nitrogens with one attached hydrogen (secondary N) is 1. The lowest BCUT2D eigenvalue weighted by Crippen LogP contribution is -2.15. The van der Waals surface area contributed by atoms with Crippen LogP contribution in [0.2, 0.25) is 0 Å². The molecule has 24 heavy (non-hydrogen) atoms. The van der Waals surface area contributed by atoms with Gasteiger partial charge in [-0.3, -0.25) is 9.71 Å². The number of fused-ring (bicyclic) bond motifs is 2. The number of nitrogens with zero attached hydrogens (tertiary/aromatic N) is 5. The van der Waals surface area contributed by atoms with Crippen LogP contribution < -0.4 is 4.72 Å². The van der Waals surface area contributed by atoms with E-state index in [2.05, 4.69) is 24.8 Å². The lowest BCUT2D eigenvalue weighted by Gasteiger charge is -2.08. The van der Waals surface area contributed by atoms with Gasteiger partial charge in [0.2, 0.25) is 0 Å². The fourth-order valence-corrected chi connectivity index (χ4v) is 3.32. The highest BCUT2D eigenvalue weighted by Gasteiger charge is 2.22. The van der Waals surface area contributed by atoms with Gasteiger partial charge in [-0.15, -0.1) is 5.10 Å². The van der Waals surface area contributed by atoms with Crippen LogP contribution in [-0.2, 0) is 10.0 Å². The number of sulfonamides is 1. The van der Waals surface area contributed by atoms with Gasteiger partial charge in [-0.05, 0) is 25.1 Å². The molecule has 0 saturated carbocycles. The quantitative estimate of drug-likeness (QED) is 0.610. The summed E-state index contributed by atoms with van der Waals surface area (Å²) < 4.78 is 29.1. The molecule has 0 radical (unpaired) electrons. The van der Waals surface area contributed by atoms with E-state index in [1.54, 1.807) is 49.8 Å². The first kappa shape index (κ1) is 14.5. The average molecular weight is 340 g/mol. The van der Waals surface area contributed by atoms with Gasteiger partial charge in [0.05, 0.1) is 5.69 Å². The minimum atomic E-state index is -3.93. The van der Waals surface area contributed by atoms with Crippen LogP contribution in [0.1, 0.15) is 5.69 Å². The van der Waals surface area contributed by atoms with E-state index in [9.17, 15) is 8.42 Å². The van der Waals surface area contributed by atoms with E-state index in [1.165, 1.54) is 4.52 Å². The topological polar surface area (TPSA) is 102 Å². The predicted octanol–water partition coefficient (Wildman–Crippen LogP) is 1.78. The van der Waals surface area contributed by atoms with Gasteiger partial charge in [0.1, 0.15) is 0 Å². The highest BCUT2D eigenvalue weighted by atomic mass is 32.2. The van der Waals surface area contributed by atoms with Crippen LogP contribution in [0.15, 0.2) is 54.1 Å². The van der Waals surface area contributed by atoms with Crippen LogP contribution in [0.4, 0.5) is 5.69 Å². The molecule has 9 heteroatoms. The van der Waals surface area contributed by atoms with Gasteiger partial charge in [0.25, 0.3) is 21.0 Å². The number of hydrogen-bond acceptors (Lipinski definition) is 6. The Hall–Kier alpha value is -3.07. The molecule has 0 aliphatic carbocycles. The molecule has 4 aromatic rings. The second-order valence-electron chi connectivity index (χ2n) is 5.22. The van der Waals surface area contributed by atoms with Crippen molar-refractivity contribution >= 4 is 32.3 Å². The molecular weight excluding hydrogens is 328 g/mol. The molecule has 4 rings (SSSR count). The molecule has 120 valence electrons. The summed E-state index contributed by atoms with van der Waals surface area (Å²) in [6, 6.07) is 8.76. The summed E-state index contributed by atoms with van der Waals surface area (Å²) in [5.74, 6) is 0.234. The Bertz CT molecular complexity index is 1160. The summed E-state index contributed by atoms with van der Waals surface area (Å²) in [6.07, 6.45) is 4.90. The summed E-state index contributed by atoms with van der Waals surface area (Å²) in [4.78, 5) is 12.2. The van der Waals surface area contributed by atoms with Gasteiger partial charge >= 0.3 is 0 Å². The van der Waals surface area contributed by atoms with Crippen molar-refractivity contribution in [2.45, 2.75) is 12.1 Å². The van der Waals surface area contributed by atoms with E-state index in [0.717, 1.165) is 16.5 Å². The number of benzene rings is 1. The zero-order valence-electron chi connectivity index (χ0n) is 12.6. The Balaban J connectivity index is 1.79. The second-order valence-corrected chi connectivity index (χ2v) is 6.79. The Morgan fingerprint density at radius 1 is 1.12 bits per heavy atom. The van der Waals surface area contributed by atoms with Crippen molar-refractivity contribution in [2.24, 2.45) is 0 Å². The van der Waals surface area contributed by atoms with Crippen molar-refractivity contribution in [3.8, 4) is 0 Å². The van der Waals surface area contributed by atoms with Gasteiger partial charge in [-0.1, -0.05) is 12.1 Å². The molecule has 1 aromatic carbocycles. The molecule has 0 fully saturated rings. The summed E-state index contributed by atoms with van der Waals surface area (Å²) in [5, 5.41) is 5.23. The zero-order chi connectivity index (χ0) is 16.7. The Morgan fingerprint density at radius 3 is 2.88 bits per heavy atom. The van der Waals surface area contributed by atoms with Crippen molar-refractivity contribution in [3.05, 3.63) is 54.6 Å². The SMILES string of the molecule is Cc1ccn2nc(S(=O)(=O)Nc3cccc4cnccc34)nc2n1. The number of rotatable bonds is 3. The van der Waals surface area contributed by atoms with Gasteiger partial charge in [0.15, 0.2) is 0 Å². The molecule has 0 aliphatic heterocycles. The fraction of sp³-hybridized carbons (Fsp3) is 0.0667. The molecule has 0 amide bonds. The molecule has 0 saturated heterocycles. The third-order valence-corrected chi connectivity index (χ3v) is 4.63. The van der Waals surface area contributed by atoms with Crippen molar-refractivity contribution in [3.63, 3.8) is 0 Å². The zero-order valence-corrected chi connectivity index (χ0v) is 13.4. The van der Waals surface area contributed by atoms with Crippen LogP contribution in [-0.4, -0.2) is 33.0 Å². The van der Waals surface area contributed by atoms with E-state index in [4.69, 9.17) is 0 Å². The van der Waals surface area contributed by atoms with Crippen LogP contribution in [0.25, 0.3) is 16.6 Å². The van der Waals surface area contributed by atoms with Crippen molar-refractivity contribution in [1.82, 2.24) is 24.6 Å². The van der Waals surface area contributed by atoms with Crippen molar-refractivity contribution in [1.29, 1.82) is 0 Å². The highest BCUT2D eigenvalue weighted by Crippen LogP contribution is 2.24. The van der Waals surface area contributed by atoms with Crippen LogP contribution >= 0.6 is 0 Å². The van der Waals surface area contributed by atoms with E-state index in [1.807, 2.05) is 6.07 Å². The molecule has 8 nitrogen and oxygen atoms in total. The molecule has 3 heterocycles. The first-order chi connectivity index (χ1) is 11.5. The standard InChI is InChI=1S/C15H12N6O2S/c1-10-6-8-21-14(17-10)18-15(19-21)24(22,23)20-13-4-2-3-11-9-16-7-5-12(11)13/h2-9,20H,1H3. The Morgan fingerprint density at radius 2 is 2.00 bits per heavy atom. The third kappa shape index (κ3) is 2.44. The van der Waals surface area contributed by atoms with Crippen LogP contribution in [0.5, 0.6) is 0 Å². The minimum Gasteiger partial charge on any atom is -0.276 e. The molecule has 0 unspecified atom stereocenters. The van der Waals surface area contributed by atoms with Gasteiger partial charge in [0, 0.05) is 35.1 Å². The molecular formula is C15H12N6O2S. The summed E-state index contributed by atoms with van der Waals surface area (Å²) in [7, 11) is -3.93. The molecule has 1 N–H and O–H groups in total. The maximum Gasteiger partial charge on any atom is 0.299 e. The van der Waals surface area contributed by atoms with Gasteiger partial charge in [-0.25, -0.2) is 9.50 Å². The summed E-state index contributed by atoms with van der Waals surface area (Å²) >= 11 is 0. The molecule has 0 aliphatic rings. The van der Waals surface area contributed by atoms with E-state index in [-0.39, 0.29) is 10.9 Å². The van der Waals surface area contributed by atoms with E-state index in [0.29, 0.717) is 5.69 Å². The number of pyridine rings is 1. The lowest BCUT2D eigenvalue weighted by atomic mass is 10.1. The number of aromatic nitrogens is 5. The number of aryl methyl sites for hydroxylation is 1. The predicted molar refractivity (Wildman–Crippen MR) is 88.1 cm³/mol. The lowest BCUT2D eigenvalue weighted by molar-refractivity contribution is 0.592. The average Bonchev–Trinajstić information content (AvgIpc) is 2.99. The Labute approximate surface area is 137 Å². The first-order valence-corrected chi connectivity index (χ1v) is 8.57. The number of anilines is 1.